The molecule has 2 amide bonds. The van der Waals surface area contributed by atoms with E-state index >= 15 is 0 Å². The molecule has 166 valence electrons. The Morgan fingerprint density at radius 1 is 1.16 bits per heavy atom. The average molecular weight is 428 g/mol. The first-order valence-electron chi connectivity index (χ1n) is 10.3. The topological polar surface area (TPSA) is 96.8 Å². The molecule has 0 radical (unpaired) electrons. The summed E-state index contributed by atoms with van der Waals surface area (Å²) in [6.45, 7) is 5.65. The summed E-state index contributed by atoms with van der Waals surface area (Å²) in [4.78, 5) is 40.9. The van der Waals surface area contributed by atoms with E-state index < -0.39 is 6.04 Å². The van der Waals surface area contributed by atoms with E-state index in [4.69, 9.17) is 4.74 Å². The van der Waals surface area contributed by atoms with Crippen molar-refractivity contribution in [1.29, 1.82) is 0 Å². The number of ether oxygens (including phenoxy) is 1. The van der Waals surface area contributed by atoms with Crippen LogP contribution in [-0.2, 0) is 16.1 Å². The highest BCUT2D eigenvalue weighted by Gasteiger charge is 2.32. The summed E-state index contributed by atoms with van der Waals surface area (Å²) in [5, 5.41) is 7.00. The van der Waals surface area contributed by atoms with Crippen molar-refractivity contribution in [2.24, 2.45) is 0 Å². The predicted octanol–water partition coefficient (Wildman–Crippen LogP) is 0.198. The Labute approximate surface area is 181 Å². The van der Waals surface area contributed by atoms with Gasteiger partial charge in [-0.3, -0.25) is 19.3 Å². The van der Waals surface area contributed by atoms with E-state index in [9.17, 15) is 14.4 Å². The fourth-order valence-electron chi connectivity index (χ4n) is 3.45. The molecule has 0 spiro atoms. The summed E-state index contributed by atoms with van der Waals surface area (Å²) < 4.78 is 6.88. The Morgan fingerprint density at radius 3 is 2.71 bits per heavy atom. The van der Waals surface area contributed by atoms with Gasteiger partial charge in [-0.1, -0.05) is 18.2 Å². The van der Waals surface area contributed by atoms with Crippen molar-refractivity contribution in [3.63, 3.8) is 0 Å². The van der Waals surface area contributed by atoms with Gasteiger partial charge in [0.15, 0.2) is 0 Å². The zero-order valence-corrected chi connectivity index (χ0v) is 18.2. The molecule has 9 nitrogen and oxygen atoms in total. The van der Waals surface area contributed by atoms with Crippen LogP contribution in [-0.4, -0.2) is 77.3 Å². The molecule has 1 aliphatic heterocycles. The Kier molecular flexibility index (Phi) is 7.41. The number of piperazine rings is 1. The summed E-state index contributed by atoms with van der Waals surface area (Å²) in [6.07, 6.45) is 0. The van der Waals surface area contributed by atoms with Crippen LogP contribution in [0, 0.1) is 13.8 Å². The first kappa shape index (κ1) is 22.5. The lowest BCUT2D eigenvalue weighted by Gasteiger charge is -2.38. The highest BCUT2D eigenvalue weighted by Crippen LogP contribution is 2.15. The molecule has 2 heterocycles. The van der Waals surface area contributed by atoms with Crippen LogP contribution < -0.4 is 15.6 Å². The third kappa shape index (κ3) is 5.91. The summed E-state index contributed by atoms with van der Waals surface area (Å²) in [5.74, 6) is 0.413. The van der Waals surface area contributed by atoms with Crippen molar-refractivity contribution in [1.82, 2.24) is 24.9 Å². The molecule has 0 unspecified atom stereocenters. The van der Waals surface area contributed by atoms with E-state index in [0.29, 0.717) is 31.9 Å². The number of aryl methyl sites for hydroxylation is 2. The maximum atomic E-state index is 12.7. The SMILES string of the molecule is Cc1ccc(=O)n(CC(=O)N2CCN(C)[C@@H](C(=O)NCCOc3ccccc3C)C2)n1. The Morgan fingerprint density at radius 2 is 1.94 bits per heavy atom. The van der Waals surface area contributed by atoms with Crippen molar-refractivity contribution in [2.45, 2.75) is 26.4 Å². The average Bonchev–Trinajstić information content (AvgIpc) is 2.75. The molecule has 1 aliphatic rings. The first-order chi connectivity index (χ1) is 14.8. The number of nitrogens with one attached hydrogen (secondary N) is 1. The van der Waals surface area contributed by atoms with Gasteiger partial charge in [-0.2, -0.15) is 5.10 Å². The second-order valence-corrected chi connectivity index (χ2v) is 7.71. The minimum atomic E-state index is -0.460. The van der Waals surface area contributed by atoms with Gasteiger partial charge in [-0.05, 0) is 38.6 Å². The molecule has 31 heavy (non-hydrogen) atoms. The van der Waals surface area contributed by atoms with Gasteiger partial charge in [0.2, 0.25) is 11.8 Å². The lowest BCUT2D eigenvalue weighted by Crippen LogP contribution is -2.59. The van der Waals surface area contributed by atoms with E-state index in [1.165, 1.54) is 6.07 Å². The van der Waals surface area contributed by atoms with Crippen LogP contribution in [0.3, 0.4) is 0 Å². The zero-order valence-electron chi connectivity index (χ0n) is 18.2. The molecule has 2 aromatic rings. The van der Waals surface area contributed by atoms with Crippen LogP contribution in [0.15, 0.2) is 41.2 Å². The zero-order chi connectivity index (χ0) is 22.4. The highest BCUT2D eigenvalue weighted by molar-refractivity contribution is 5.83. The number of aromatic nitrogens is 2. The molecule has 1 saturated heterocycles. The lowest BCUT2D eigenvalue weighted by atomic mass is 10.1. The molecule has 0 saturated carbocycles. The molecular formula is C22H29N5O4. The second kappa shape index (κ2) is 10.2. The van der Waals surface area contributed by atoms with Crippen molar-refractivity contribution in [2.75, 3.05) is 39.8 Å². The van der Waals surface area contributed by atoms with Crippen molar-refractivity contribution in [3.8, 4) is 5.75 Å². The maximum Gasteiger partial charge on any atom is 0.267 e. The van der Waals surface area contributed by atoms with Crippen molar-refractivity contribution >= 4 is 11.8 Å². The molecule has 0 aliphatic carbocycles. The van der Waals surface area contributed by atoms with Gasteiger partial charge in [0.1, 0.15) is 24.9 Å². The standard InChI is InChI=1S/C22H29N5O4/c1-16-6-4-5-7-19(16)31-13-10-23-22(30)18-14-26(12-11-25(18)3)21(29)15-27-20(28)9-8-17(2)24-27/h4-9,18H,10-15H2,1-3H3,(H,23,30)/t18-/m1/s1. The molecule has 9 heteroatoms. The quantitative estimate of drug-likeness (QED) is 0.634. The number of rotatable bonds is 7. The number of hydrogen-bond acceptors (Lipinski definition) is 6. The van der Waals surface area contributed by atoms with Gasteiger partial charge in [0, 0.05) is 25.7 Å². The largest absolute Gasteiger partial charge is 0.491 e. The Balaban J connectivity index is 1.51. The monoisotopic (exact) mass is 427 g/mol. The van der Waals surface area contributed by atoms with E-state index in [1.54, 1.807) is 17.9 Å². The van der Waals surface area contributed by atoms with Gasteiger partial charge in [-0.25, -0.2) is 4.68 Å². The normalized spacial score (nSPS) is 16.7. The summed E-state index contributed by atoms with van der Waals surface area (Å²) in [7, 11) is 1.86. The van der Waals surface area contributed by atoms with Crippen LogP contribution in [0.4, 0.5) is 0 Å². The lowest BCUT2D eigenvalue weighted by molar-refractivity contribution is -0.138. The molecule has 0 bridgehead atoms. The second-order valence-electron chi connectivity index (χ2n) is 7.71. The third-order valence-corrected chi connectivity index (χ3v) is 5.34. The van der Waals surface area contributed by atoms with Gasteiger partial charge < -0.3 is 15.0 Å². The molecular weight excluding hydrogens is 398 g/mol. The van der Waals surface area contributed by atoms with Crippen LogP contribution >= 0.6 is 0 Å². The molecule has 1 atom stereocenters. The summed E-state index contributed by atoms with van der Waals surface area (Å²) in [6, 6.07) is 10.3. The number of likely N-dealkylation sites (N-methyl/N-ethyl adjacent to an activating group) is 1. The molecule has 1 aromatic carbocycles. The number of hydrogen-bond donors (Lipinski definition) is 1. The number of carbonyl (C=O) groups excluding carboxylic acids is 2. The van der Waals surface area contributed by atoms with Crippen LogP contribution in [0.2, 0.25) is 0 Å². The maximum absolute atomic E-state index is 12.7. The minimum Gasteiger partial charge on any atom is -0.491 e. The van der Waals surface area contributed by atoms with E-state index in [2.05, 4.69) is 10.4 Å². The predicted molar refractivity (Wildman–Crippen MR) is 116 cm³/mol. The summed E-state index contributed by atoms with van der Waals surface area (Å²) >= 11 is 0. The number of para-hydroxylation sites is 1. The van der Waals surface area contributed by atoms with Crippen LogP contribution in [0.25, 0.3) is 0 Å². The Bertz CT molecular complexity index is 990. The van der Waals surface area contributed by atoms with Crippen molar-refractivity contribution in [3.05, 3.63) is 58.0 Å². The Hall–Kier alpha value is -3.20. The van der Waals surface area contributed by atoms with Gasteiger partial charge >= 0.3 is 0 Å². The molecule has 1 aromatic heterocycles. The third-order valence-electron chi connectivity index (χ3n) is 5.34. The minimum absolute atomic E-state index is 0.136. The number of nitrogens with zero attached hydrogens (tertiary/aromatic N) is 4. The van der Waals surface area contributed by atoms with Crippen molar-refractivity contribution < 1.29 is 14.3 Å². The van der Waals surface area contributed by atoms with Gasteiger partial charge in [0.05, 0.1) is 12.2 Å². The smallest absolute Gasteiger partial charge is 0.267 e. The first-order valence-corrected chi connectivity index (χ1v) is 10.3. The van der Waals surface area contributed by atoms with E-state index in [0.717, 1.165) is 16.0 Å². The molecule has 1 fully saturated rings. The van der Waals surface area contributed by atoms with Gasteiger partial charge in [0.25, 0.3) is 5.56 Å². The fourth-order valence-corrected chi connectivity index (χ4v) is 3.45. The number of benzene rings is 1. The number of carbonyl (C=O) groups is 2. The fraction of sp³-hybridized carbons (Fsp3) is 0.455. The van der Waals surface area contributed by atoms with Gasteiger partial charge in [-0.15, -0.1) is 0 Å². The van der Waals surface area contributed by atoms with Crippen LogP contribution in [0.1, 0.15) is 11.3 Å². The molecule has 1 N–H and O–H groups in total. The van der Waals surface area contributed by atoms with E-state index in [-0.39, 0.29) is 30.5 Å². The van der Waals surface area contributed by atoms with E-state index in [1.807, 2.05) is 43.1 Å². The van der Waals surface area contributed by atoms with Crippen LogP contribution in [0.5, 0.6) is 5.75 Å². The number of amides is 2. The summed E-state index contributed by atoms with van der Waals surface area (Å²) in [5.41, 5.74) is 1.38. The molecule has 3 rings (SSSR count). The highest BCUT2D eigenvalue weighted by atomic mass is 16.5.